The van der Waals surface area contributed by atoms with Gasteiger partial charge >= 0.3 is 0 Å². The summed E-state index contributed by atoms with van der Waals surface area (Å²) in [6.07, 6.45) is 1.40. The van der Waals surface area contributed by atoms with Crippen molar-refractivity contribution in [2.75, 3.05) is 11.6 Å². The van der Waals surface area contributed by atoms with Crippen molar-refractivity contribution in [3.05, 3.63) is 95.1 Å². The number of fused-ring (bicyclic) bond motifs is 1. The van der Waals surface area contributed by atoms with Crippen molar-refractivity contribution in [3.8, 4) is 0 Å². The number of nitrogens with two attached hydrogens (primary N) is 1. The van der Waals surface area contributed by atoms with Gasteiger partial charge in [-0.05, 0) is 67.8 Å². The van der Waals surface area contributed by atoms with Crippen LogP contribution >= 0.6 is 23.1 Å². The monoisotopic (exact) mass is 480 g/mol. The second-order valence-corrected chi connectivity index (χ2v) is 10.2. The molecule has 0 saturated heterocycles. The van der Waals surface area contributed by atoms with Gasteiger partial charge in [0, 0.05) is 5.56 Å². The van der Waals surface area contributed by atoms with E-state index in [9.17, 15) is 8.78 Å². The molecule has 0 radical (unpaired) electrons. The van der Waals surface area contributed by atoms with Crippen LogP contribution in [0.3, 0.4) is 0 Å². The quantitative estimate of drug-likeness (QED) is 0.347. The first-order valence-corrected chi connectivity index (χ1v) is 12.3. The van der Waals surface area contributed by atoms with Crippen molar-refractivity contribution >= 4 is 43.5 Å². The Morgan fingerprint density at radius 1 is 1.03 bits per heavy atom. The van der Waals surface area contributed by atoms with E-state index in [2.05, 4.69) is 6.07 Å². The van der Waals surface area contributed by atoms with E-state index in [1.165, 1.54) is 29.2 Å². The average Bonchev–Trinajstić information content (AvgIpc) is 3.41. The number of hydrogen-bond acceptors (Lipinski definition) is 6. The van der Waals surface area contributed by atoms with E-state index in [1.54, 1.807) is 0 Å². The van der Waals surface area contributed by atoms with E-state index in [0.29, 0.717) is 23.1 Å². The lowest BCUT2D eigenvalue weighted by Crippen LogP contribution is -2.38. The van der Waals surface area contributed by atoms with Crippen molar-refractivity contribution in [1.29, 1.82) is 0 Å². The van der Waals surface area contributed by atoms with E-state index in [1.807, 2.05) is 54.4 Å². The number of aromatic nitrogens is 1. The maximum absolute atomic E-state index is 14.8. The highest BCUT2D eigenvalue weighted by atomic mass is 32.2. The molecule has 0 aliphatic carbocycles. The average molecular weight is 481 g/mol. The SMILES string of the molecule is Cc1ccc2nc(N3N=C(c4cc(F)ccc4F)SC3(CCCN)c3ccccc3)sc2c1. The maximum Gasteiger partial charge on any atom is 0.208 e. The molecule has 2 heterocycles. The molecule has 1 aliphatic heterocycles. The van der Waals surface area contributed by atoms with Crippen LogP contribution in [0, 0.1) is 18.6 Å². The zero-order valence-corrected chi connectivity index (χ0v) is 19.6. The fourth-order valence-corrected chi connectivity index (χ4v) is 6.56. The highest BCUT2D eigenvalue weighted by molar-refractivity contribution is 8.15. The number of thiazole rings is 1. The predicted octanol–water partition coefficient (Wildman–Crippen LogP) is 6.39. The number of aryl methyl sites for hydroxylation is 1. The van der Waals surface area contributed by atoms with Crippen molar-refractivity contribution in [1.82, 2.24) is 4.98 Å². The summed E-state index contributed by atoms with van der Waals surface area (Å²) in [5.74, 6) is -1.01. The Labute approximate surface area is 199 Å². The fourth-order valence-electron chi connectivity index (χ4n) is 4.00. The summed E-state index contributed by atoms with van der Waals surface area (Å²) in [7, 11) is 0. The molecule has 1 unspecified atom stereocenters. The Kier molecular flexibility index (Phi) is 5.90. The Bertz CT molecular complexity index is 1340. The van der Waals surface area contributed by atoms with Gasteiger partial charge in [0.1, 0.15) is 21.5 Å². The van der Waals surface area contributed by atoms with Gasteiger partial charge < -0.3 is 5.73 Å². The van der Waals surface area contributed by atoms with Crippen molar-refractivity contribution < 1.29 is 8.78 Å². The molecule has 2 N–H and O–H groups in total. The molecule has 0 fully saturated rings. The first-order valence-electron chi connectivity index (χ1n) is 10.7. The van der Waals surface area contributed by atoms with Crippen LogP contribution in [0.4, 0.5) is 13.9 Å². The molecule has 1 atom stereocenters. The van der Waals surface area contributed by atoms with Gasteiger partial charge in [-0.2, -0.15) is 5.10 Å². The fraction of sp³-hybridized carbons (Fsp3) is 0.200. The second kappa shape index (κ2) is 8.85. The van der Waals surface area contributed by atoms with Gasteiger partial charge in [-0.1, -0.05) is 59.5 Å². The normalized spacial score (nSPS) is 18.2. The first-order chi connectivity index (χ1) is 16.0. The summed E-state index contributed by atoms with van der Waals surface area (Å²) < 4.78 is 29.9. The largest absolute Gasteiger partial charge is 0.330 e. The smallest absolute Gasteiger partial charge is 0.208 e. The predicted molar refractivity (Wildman–Crippen MR) is 134 cm³/mol. The lowest BCUT2D eigenvalue weighted by Gasteiger charge is -2.35. The molecule has 3 aromatic carbocycles. The van der Waals surface area contributed by atoms with Gasteiger partial charge in [-0.25, -0.2) is 18.8 Å². The van der Waals surface area contributed by atoms with Crippen LogP contribution in [-0.2, 0) is 4.87 Å². The standard InChI is InChI=1S/C25H22F2N4S2/c1-16-8-11-21-22(14-16)32-24(29-21)31-25(12-5-13-28,17-6-3-2-4-7-17)33-23(30-31)19-15-18(26)9-10-20(19)27/h2-4,6-11,14-15H,5,12-13,28H2,1H3. The van der Waals surface area contributed by atoms with E-state index in [-0.39, 0.29) is 5.56 Å². The minimum Gasteiger partial charge on any atom is -0.330 e. The Hall–Kier alpha value is -2.81. The number of hydrazone groups is 1. The molecule has 0 spiro atoms. The van der Waals surface area contributed by atoms with Gasteiger partial charge in [-0.3, -0.25) is 0 Å². The summed E-state index contributed by atoms with van der Waals surface area (Å²) in [4.78, 5) is 4.17. The summed E-state index contributed by atoms with van der Waals surface area (Å²) in [5.41, 5.74) is 9.09. The summed E-state index contributed by atoms with van der Waals surface area (Å²) >= 11 is 2.96. The molecule has 33 heavy (non-hydrogen) atoms. The van der Waals surface area contributed by atoms with E-state index in [4.69, 9.17) is 15.8 Å². The number of thioether (sulfide) groups is 1. The number of nitrogens with zero attached hydrogens (tertiary/aromatic N) is 3. The van der Waals surface area contributed by atoms with Gasteiger partial charge in [-0.15, -0.1) is 0 Å². The van der Waals surface area contributed by atoms with E-state index >= 15 is 0 Å². The third kappa shape index (κ3) is 4.03. The molecule has 1 aliphatic rings. The number of anilines is 1. The van der Waals surface area contributed by atoms with Crippen molar-refractivity contribution in [3.63, 3.8) is 0 Å². The molecular weight excluding hydrogens is 458 g/mol. The third-order valence-electron chi connectivity index (χ3n) is 5.62. The number of hydrogen-bond donors (Lipinski definition) is 1. The summed E-state index contributed by atoms with van der Waals surface area (Å²) in [6, 6.07) is 19.6. The minimum atomic E-state index is -0.683. The molecule has 8 heteroatoms. The number of rotatable bonds is 6. The zero-order chi connectivity index (χ0) is 23.0. The van der Waals surface area contributed by atoms with Gasteiger partial charge in [0.2, 0.25) is 5.13 Å². The van der Waals surface area contributed by atoms with Crippen LogP contribution in [0.15, 0.2) is 71.8 Å². The number of benzene rings is 3. The third-order valence-corrected chi connectivity index (χ3v) is 8.05. The Balaban J connectivity index is 1.71. The zero-order valence-electron chi connectivity index (χ0n) is 18.0. The van der Waals surface area contributed by atoms with E-state index < -0.39 is 16.5 Å². The minimum absolute atomic E-state index is 0.146. The molecule has 5 rings (SSSR count). The highest BCUT2D eigenvalue weighted by Crippen LogP contribution is 2.53. The molecular formula is C25H22F2N4S2. The van der Waals surface area contributed by atoms with Gasteiger partial charge in [0.05, 0.1) is 10.2 Å². The van der Waals surface area contributed by atoms with Gasteiger partial charge in [0.25, 0.3) is 0 Å². The molecule has 0 bridgehead atoms. The van der Waals surface area contributed by atoms with E-state index in [0.717, 1.165) is 39.9 Å². The van der Waals surface area contributed by atoms with Crippen LogP contribution in [-0.4, -0.2) is 16.6 Å². The molecule has 4 aromatic rings. The highest BCUT2D eigenvalue weighted by Gasteiger charge is 2.47. The van der Waals surface area contributed by atoms with Crippen LogP contribution in [0.1, 0.15) is 29.5 Å². The topological polar surface area (TPSA) is 54.5 Å². The number of halogens is 2. The Morgan fingerprint density at radius 3 is 2.64 bits per heavy atom. The summed E-state index contributed by atoms with van der Waals surface area (Å²) in [6.45, 7) is 2.55. The molecule has 0 amide bonds. The molecule has 168 valence electrons. The first kappa shape index (κ1) is 22.0. The lowest BCUT2D eigenvalue weighted by atomic mass is 10.0. The van der Waals surface area contributed by atoms with Crippen LogP contribution < -0.4 is 10.7 Å². The van der Waals surface area contributed by atoms with Crippen molar-refractivity contribution in [2.24, 2.45) is 10.8 Å². The maximum atomic E-state index is 14.8. The van der Waals surface area contributed by atoms with Crippen LogP contribution in [0.5, 0.6) is 0 Å². The van der Waals surface area contributed by atoms with Crippen LogP contribution in [0.2, 0.25) is 0 Å². The Morgan fingerprint density at radius 2 is 1.85 bits per heavy atom. The molecule has 1 aromatic heterocycles. The van der Waals surface area contributed by atoms with Crippen molar-refractivity contribution in [2.45, 2.75) is 24.6 Å². The lowest BCUT2D eigenvalue weighted by molar-refractivity contribution is 0.527. The molecule has 4 nitrogen and oxygen atoms in total. The summed E-state index contributed by atoms with van der Waals surface area (Å²) in [5, 5.41) is 7.85. The molecule has 0 saturated carbocycles. The van der Waals surface area contributed by atoms with Gasteiger partial charge in [0.15, 0.2) is 0 Å². The van der Waals surface area contributed by atoms with Crippen LogP contribution in [0.25, 0.3) is 10.2 Å². The second-order valence-electron chi connectivity index (χ2n) is 7.95.